The monoisotopic (exact) mass is 204 g/mol. The first-order valence-corrected chi connectivity index (χ1v) is 4.44. The molecule has 0 aromatic carbocycles. The van der Waals surface area contributed by atoms with Crippen molar-refractivity contribution in [2.24, 2.45) is 5.73 Å². The van der Waals surface area contributed by atoms with Crippen LogP contribution in [0.2, 0.25) is 0 Å². The molecule has 0 spiro atoms. The second-order valence-corrected chi connectivity index (χ2v) is 3.15. The van der Waals surface area contributed by atoms with Gasteiger partial charge in [0.15, 0.2) is 0 Å². The SMILES string of the molecule is NC(=S)c1cc(-n2cccn2)ccn1. The first-order chi connectivity index (χ1) is 6.77. The molecule has 0 aliphatic rings. The third-order valence-corrected chi connectivity index (χ3v) is 1.97. The number of rotatable bonds is 2. The minimum absolute atomic E-state index is 0.291. The zero-order chi connectivity index (χ0) is 9.97. The van der Waals surface area contributed by atoms with Crippen molar-refractivity contribution in [1.82, 2.24) is 14.8 Å². The van der Waals surface area contributed by atoms with E-state index >= 15 is 0 Å². The Morgan fingerprint density at radius 1 is 1.43 bits per heavy atom. The third-order valence-electron chi connectivity index (χ3n) is 1.76. The second-order valence-electron chi connectivity index (χ2n) is 2.71. The molecule has 0 saturated carbocycles. The Hall–Kier alpha value is -1.75. The van der Waals surface area contributed by atoms with E-state index in [0.29, 0.717) is 10.7 Å². The third kappa shape index (κ3) is 1.62. The minimum Gasteiger partial charge on any atom is -0.388 e. The van der Waals surface area contributed by atoms with E-state index in [1.165, 1.54) is 0 Å². The molecule has 5 heteroatoms. The fraction of sp³-hybridized carbons (Fsp3) is 0. The van der Waals surface area contributed by atoms with Crippen LogP contribution in [0, 0.1) is 0 Å². The molecule has 2 N–H and O–H groups in total. The van der Waals surface area contributed by atoms with Crippen molar-refractivity contribution in [2.45, 2.75) is 0 Å². The normalized spacial score (nSPS) is 10.0. The van der Waals surface area contributed by atoms with E-state index in [-0.39, 0.29) is 0 Å². The molecule has 0 aliphatic heterocycles. The van der Waals surface area contributed by atoms with Gasteiger partial charge in [-0.15, -0.1) is 0 Å². The molecule has 0 aliphatic carbocycles. The summed E-state index contributed by atoms with van der Waals surface area (Å²) in [6.07, 6.45) is 5.21. The van der Waals surface area contributed by atoms with Gasteiger partial charge in [-0.25, -0.2) is 4.68 Å². The molecule has 0 atom stereocenters. The molecule has 0 bridgehead atoms. The zero-order valence-corrected chi connectivity index (χ0v) is 8.11. The van der Waals surface area contributed by atoms with Crippen molar-refractivity contribution in [3.05, 3.63) is 42.5 Å². The summed E-state index contributed by atoms with van der Waals surface area (Å²) in [5.41, 5.74) is 6.98. The van der Waals surface area contributed by atoms with Crippen LogP contribution in [-0.4, -0.2) is 19.8 Å². The number of hydrogen-bond donors (Lipinski definition) is 1. The molecule has 0 amide bonds. The molecule has 0 fully saturated rings. The lowest BCUT2D eigenvalue weighted by atomic mass is 10.3. The standard InChI is InChI=1S/C9H8N4S/c10-9(14)8-6-7(2-4-11-8)13-5-1-3-12-13/h1-6H,(H2,10,14). The highest BCUT2D eigenvalue weighted by Crippen LogP contribution is 2.06. The summed E-state index contributed by atoms with van der Waals surface area (Å²) in [7, 11) is 0. The first-order valence-electron chi connectivity index (χ1n) is 4.03. The van der Waals surface area contributed by atoms with Crippen molar-refractivity contribution in [3.63, 3.8) is 0 Å². The predicted octanol–water partition coefficient (Wildman–Crippen LogP) is 0.901. The summed E-state index contributed by atoms with van der Waals surface area (Å²) < 4.78 is 1.73. The smallest absolute Gasteiger partial charge is 0.122 e. The van der Waals surface area contributed by atoms with E-state index in [0.717, 1.165) is 5.69 Å². The fourth-order valence-electron chi connectivity index (χ4n) is 1.12. The molecule has 2 heterocycles. The average molecular weight is 204 g/mol. The highest BCUT2D eigenvalue weighted by Gasteiger charge is 2.00. The average Bonchev–Trinajstić information content (AvgIpc) is 2.71. The summed E-state index contributed by atoms with van der Waals surface area (Å²) in [6.45, 7) is 0. The maximum atomic E-state index is 5.48. The molecular weight excluding hydrogens is 196 g/mol. The molecular formula is C9H8N4S. The summed E-state index contributed by atoms with van der Waals surface area (Å²) in [6, 6.07) is 5.49. The van der Waals surface area contributed by atoms with Crippen molar-refractivity contribution >= 4 is 17.2 Å². The van der Waals surface area contributed by atoms with Gasteiger partial charge >= 0.3 is 0 Å². The summed E-state index contributed by atoms with van der Waals surface area (Å²) in [4.78, 5) is 4.33. The van der Waals surface area contributed by atoms with Crippen LogP contribution in [0.15, 0.2) is 36.8 Å². The van der Waals surface area contributed by atoms with Gasteiger partial charge in [-0.1, -0.05) is 12.2 Å². The molecule has 2 aromatic rings. The van der Waals surface area contributed by atoms with Crippen LogP contribution >= 0.6 is 12.2 Å². The maximum Gasteiger partial charge on any atom is 0.122 e. The fourth-order valence-corrected chi connectivity index (χ4v) is 1.23. The molecule has 2 aromatic heterocycles. The van der Waals surface area contributed by atoms with Crippen LogP contribution in [0.4, 0.5) is 0 Å². The summed E-state index contributed by atoms with van der Waals surface area (Å²) in [5.74, 6) is 0. The Bertz CT molecular complexity index is 450. The number of nitrogens with two attached hydrogens (primary N) is 1. The van der Waals surface area contributed by atoms with Crippen LogP contribution in [0.25, 0.3) is 5.69 Å². The molecule has 70 valence electrons. The van der Waals surface area contributed by atoms with Crippen LogP contribution < -0.4 is 5.73 Å². The number of hydrogen-bond acceptors (Lipinski definition) is 3. The lowest BCUT2D eigenvalue weighted by Gasteiger charge is -2.02. The molecule has 0 unspecified atom stereocenters. The number of thiocarbonyl (C=S) groups is 1. The van der Waals surface area contributed by atoms with E-state index in [1.807, 2.05) is 18.3 Å². The van der Waals surface area contributed by atoms with Gasteiger partial charge in [0, 0.05) is 18.6 Å². The maximum absolute atomic E-state index is 5.48. The molecule has 0 radical (unpaired) electrons. The van der Waals surface area contributed by atoms with Crippen molar-refractivity contribution in [3.8, 4) is 5.69 Å². The molecule has 14 heavy (non-hydrogen) atoms. The molecule has 2 rings (SSSR count). The minimum atomic E-state index is 0.291. The van der Waals surface area contributed by atoms with E-state index in [4.69, 9.17) is 18.0 Å². The van der Waals surface area contributed by atoms with Gasteiger partial charge < -0.3 is 5.73 Å². The van der Waals surface area contributed by atoms with E-state index in [1.54, 1.807) is 23.1 Å². The predicted molar refractivity (Wildman–Crippen MR) is 57.2 cm³/mol. The van der Waals surface area contributed by atoms with Gasteiger partial charge in [-0.2, -0.15) is 5.10 Å². The van der Waals surface area contributed by atoms with Crippen molar-refractivity contribution in [2.75, 3.05) is 0 Å². The number of nitrogens with zero attached hydrogens (tertiary/aromatic N) is 3. The van der Waals surface area contributed by atoms with Crippen LogP contribution in [-0.2, 0) is 0 Å². The first kappa shape index (κ1) is 8.83. The van der Waals surface area contributed by atoms with Gasteiger partial charge in [0.2, 0.25) is 0 Å². The van der Waals surface area contributed by atoms with Crippen LogP contribution in [0.1, 0.15) is 5.69 Å². The number of pyridine rings is 1. The lowest BCUT2D eigenvalue weighted by molar-refractivity contribution is 0.877. The van der Waals surface area contributed by atoms with Gasteiger partial charge in [0.1, 0.15) is 4.99 Å². The van der Waals surface area contributed by atoms with E-state index in [2.05, 4.69) is 10.1 Å². The Balaban J connectivity index is 2.46. The highest BCUT2D eigenvalue weighted by atomic mass is 32.1. The number of aromatic nitrogens is 3. The van der Waals surface area contributed by atoms with Crippen molar-refractivity contribution in [1.29, 1.82) is 0 Å². The summed E-state index contributed by atoms with van der Waals surface area (Å²) in [5, 5.41) is 4.09. The van der Waals surface area contributed by atoms with Gasteiger partial charge in [0.25, 0.3) is 0 Å². The lowest BCUT2D eigenvalue weighted by Crippen LogP contribution is -2.12. The topological polar surface area (TPSA) is 56.7 Å². The van der Waals surface area contributed by atoms with E-state index < -0.39 is 0 Å². The largest absolute Gasteiger partial charge is 0.388 e. The van der Waals surface area contributed by atoms with Crippen LogP contribution in [0.3, 0.4) is 0 Å². The van der Waals surface area contributed by atoms with Gasteiger partial charge in [-0.3, -0.25) is 4.98 Å². The van der Waals surface area contributed by atoms with Crippen molar-refractivity contribution < 1.29 is 0 Å². The second kappa shape index (κ2) is 3.55. The van der Waals surface area contributed by atoms with Crippen LogP contribution in [0.5, 0.6) is 0 Å². The Kier molecular flexibility index (Phi) is 2.24. The molecule has 4 nitrogen and oxygen atoms in total. The van der Waals surface area contributed by atoms with Gasteiger partial charge in [-0.05, 0) is 18.2 Å². The Morgan fingerprint density at radius 3 is 2.93 bits per heavy atom. The zero-order valence-electron chi connectivity index (χ0n) is 7.29. The molecule has 0 saturated heterocycles. The highest BCUT2D eigenvalue weighted by molar-refractivity contribution is 7.80. The van der Waals surface area contributed by atoms with Gasteiger partial charge in [0.05, 0.1) is 11.4 Å². The Morgan fingerprint density at radius 2 is 2.29 bits per heavy atom. The summed E-state index contributed by atoms with van der Waals surface area (Å²) >= 11 is 4.84. The quantitative estimate of drug-likeness (QED) is 0.738. The Labute approximate surface area is 86.4 Å². The van der Waals surface area contributed by atoms with E-state index in [9.17, 15) is 0 Å².